The minimum absolute atomic E-state index is 0.403. The van der Waals surface area contributed by atoms with Gasteiger partial charge in [0.2, 0.25) is 0 Å². The second kappa shape index (κ2) is 5.99. The van der Waals surface area contributed by atoms with Crippen molar-refractivity contribution >= 4 is 5.91 Å². The van der Waals surface area contributed by atoms with E-state index in [2.05, 4.69) is 4.57 Å². The van der Waals surface area contributed by atoms with E-state index in [1.165, 1.54) is 12.8 Å². The smallest absolute Gasteiger partial charge is 0.250 e. The summed E-state index contributed by atoms with van der Waals surface area (Å²) < 4.78 is 13.0. The third-order valence-corrected chi connectivity index (χ3v) is 4.45. The number of carbonyl (C=O) groups excluding carboxylic acids is 1. The molecule has 2 aromatic rings. The van der Waals surface area contributed by atoms with Crippen molar-refractivity contribution in [1.82, 2.24) is 4.57 Å². The molecule has 0 spiro atoms. The van der Waals surface area contributed by atoms with Gasteiger partial charge < -0.3 is 19.8 Å². The van der Waals surface area contributed by atoms with E-state index in [1.54, 1.807) is 14.2 Å². The largest absolute Gasteiger partial charge is 0.497 e. The molecule has 0 atom stereocenters. The number of rotatable bonds is 6. The fourth-order valence-electron chi connectivity index (χ4n) is 2.93. The topological polar surface area (TPSA) is 66.5 Å². The van der Waals surface area contributed by atoms with Crippen LogP contribution >= 0.6 is 0 Å². The maximum Gasteiger partial charge on any atom is 0.250 e. The van der Waals surface area contributed by atoms with Crippen molar-refractivity contribution in [3.63, 3.8) is 0 Å². The summed E-state index contributed by atoms with van der Waals surface area (Å²) in [5.74, 6) is 1.77. The van der Waals surface area contributed by atoms with Crippen molar-refractivity contribution in [2.75, 3.05) is 14.2 Å². The molecule has 5 heteroatoms. The molecule has 23 heavy (non-hydrogen) atoms. The van der Waals surface area contributed by atoms with Crippen molar-refractivity contribution in [3.05, 3.63) is 35.5 Å². The van der Waals surface area contributed by atoms with Gasteiger partial charge in [-0.2, -0.15) is 0 Å². The van der Waals surface area contributed by atoms with E-state index in [0.717, 1.165) is 35.0 Å². The maximum absolute atomic E-state index is 11.8. The first-order valence-corrected chi connectivity index (χ1v) is 7.77. The van der Waals surface area contributed by atoms with Crippen LogP contribution in [0.4, 0.5) is 0 Å². The van der Waals surface area contributed by atoms with E-state index in [1.807, 2.05) is 31.2 Å². The fourth-order valence-corrected chi connectivity index (χ4v) is 2.93. The summed E-state index contributed by atoms with van der Waals surface area (Å²) in [6.45, 7) is 2.84. The third-order valence-electron chi connectivity index (χ3n) is 4.45. The van der Waals surface area contributed by atoms with E-state index in [0.29, 0.717) is 11.5 Å². The molecule has 1 amide bonds. The number of amides is 1. The highest BCUT2D eigenvalue weighted by atomic mass is 16.5. The van der Waals surface area contributed by atoms with Gasteiger partial charge in [-0.25, -0.2) is 0 Å². The third kappa shape index (κ3) is 2.91. The number of nitrogens with zero attached hydrogens (tertiary/aromatic N) is 1. The Morgan fingerprint density at radius 1 is 1.26 bits per heavy atom. The lowest BCUT2D eigenvalue weighted by Gasteiger charge is -2.15. The van der Waals surface area contributed by atoms with Crippen molar-refractivity contribution in [1.29, 1.82) is 0 Å². The van der Waals surface area contributed by atoms with Crippen LogP contribution in [-0.2, 0) is 6.54 Å². The average molecular weight is 314 g/mol. The number of methoxy groups -OCH3 is 2. The molecule has 122 valence electrons. The Labute approximate surface area is 136 Å². The number of nitrogens with two attached hydrogens (primary N) is 1. The molecular weight excluding hydrogens is 292 g/mol. The minimum atomic E-state index is -0.403. The highest BCUT2D eigenvalue weighted by Crippen LogP contribution is 2.38. The standard InChI is InChI=1S/C18H22N2O3/c1-11-14(18(19)21)9-16(20(11)10-12-4-5-12)15-8-13(22-2)6-7-17(15)23-3/h6-9,12H,4-5,10H2,1-3H3,(H2,19,21). The molecule has 5 nitrogen and oxygen atoms in total. The van der Waals surface area contributed by atoms with E-state index in [9.17, 15) is 4.79 Å². The van der Waals surface area contributed by atoms with E-state index in [4.69, 9.17) is 15.2 Å². The van der Waals surface area contributed by atoms with E-state index in [-0.39, 0.29) is 0 Å². The van der Waals surface area contributed by atoms with Crippen molar-refractivity contribution in [2.24, 2.45) is 11.7 Å². The van der Waals surface area contributed by atoms with Crippen LogP contribution in [0.25, 0.3) is 11.3 Å². The molecule has 0 bridgehead atoms. The Balaban J connectivity index is 2.17. The van der Waals surface area contributed by atoms with Crippen LogP contribution in [0.5, 0.6) is 11.5 Å². The molecular formula is C18H22N2O3. The molecule has 1 aromatic heterocycles. The molecule has 0 aliphatic heterocycles. The van der Waals surface area contributed by atoms with Gasteiger partial charge in [-0.15, -0.1) is 0 Å². The summed E-state index contributed by atoms with van der Waals surface area (Å²) in [6.07, 6.45) is 2.47. The fraction of sp³-hybridized carbons (Fsp3) is 0.389. The van der Waals surface area contributed by atoms with Gasteiger partial charge in [-0.05, 0) is 49.9 Å². The van der Waals surface area contributed by atoms with Crippen LogP contribution in [0.1, 0.15) is 28.9 Å². The first-order chi connectivity index (χ1) is 11.0. The lowest BCUT2D eigenvalue weighted by molar-refractivity contribution is 0.0999. The molecule has 1 aliphatic carbocycles. The molecule has 1 fully saturated rings. The summed E-state index contributed by atoms with van der Waals surface area (Å²) in [5.41, 5.74) is 8.86. The summed E-state index contributed by atoms with van der Waals surface area (Å²) >= 11 is 0. The first kappa shape index (κ1) is 15.5. The van der Waals surface area contributed by atoms with Gasteiger partial charge in [0.25, 0.3) is 5.91 Å². The number of hydrogen-bond acceptors (Lipinski definition) is 3. The van der Waals surface area contributed by atoms with Crippen molar-refractivity contribution in [3.8, 4) is 22.8 Å². The molecule has 2 N–H and O–H groups in total. The lowest BCUT2D eigenvalue weighted by atomic mass is 10.1. The molecule has 1 saturated carbocycles. The highest BCUT2D eigenvalue weighted by Gasteiger charge is 2.26. The lowest BCUT2D eigenvalue weighted by Crippen LogP contribution is -2.12. The summed E-state index contributed by atoms with van der Waals surface area (Å²) in [5, 5.41) is 0. The molecule has 1 aromatic carbocycles. The molecule has 1 aliphatic rings. The molecule has 1 heterocycles. The SMILES string of the molecule is COc1ccc(OC)c(-c2cc(C(N)=O)c(C)n2CC2CC2)c1. The zero-order chi connectivity index (χ0) is 16.6. The Hall–Kier alpha value is -2.43. The number of carbonyl (C=O) groups is 1. The zero-order valence-corrected chi connectivity index (χ0v) is 13.8. The number of aromatic nitrogens is 1. The maximum atomic E-state index is 11.8. The average Bonchev–Trinajstić information content (AvgIpc) is 3.31. The van der Waals surface area contributed by atoms with Gasteiger partial charge in [-0.3, -0.25) is 4.79 Å². The predicted molar refractivity (Wildman–Crippen MR) is 89.0 cm³/mol. The van der Waals surface area contributed by atoms with Crippen LogP contribution in [0.3, 0.4) is 0 Å². The summed E-state index contributed by atoms with van der Waals surface area (Å²) in [4.78, 5) is 11.8. The van der Waals surface area contributed by atoms with Crippen LogP contribution in [0.2, 0.25) is 0 Å². The quantitative estimate of drug-likeness (QED) is 0.891. The van der Waals surface area contributed by atoms with E-state index >= 15 is 0 Å². The molecule has 0 radical (unpaired) electrons. The Morgan fingerprint density at radius 2 is 2.00 bits per heavy atom. The zero-order valence-electron chi connectivity index (χ0n) is 13.8. The van der Waals surface area contributed by atoms with Gasteiger partial charge in [-0.1, -0.05) is 0 Å². The van der Waals surface area contributed by atoms with E-state index < -0.39 is 5.91 Å². The second-order valence-corrected chi connectivity index (χ2v) is 6.01. The first-order valence-electron chi connectivity index (χ1n) is 7.77. The van der Waals surface area contributed by atoms with Gasteiger partial charge >= 0.3 is 0 Å². The number of benzene rings is 1. The highest BCUT2D eigenvalue weighted by molar-refractivity contribution is 5.96. The van der Waals surface area contributed by atoms with Crippen LogP contribution in [0, 0.1) is 12.8 Å². The Kier molecular flexibility index (Phi) is 4.03. The van der Waals surface area contributed by atoms with Crippen molar-refractivity contribution in [2.45, 2.75) is 26.3 Å². The van der Waals surface area contributed by atoms with Crippen molar-refractivity contribution < 1.29 is 14.3 Å². The monoisotopic (exact) mass is 314 g/mol. The van der Waals surface area contributed by atoms with Gasteiger partial charge in [0, 0.05) is 17.8 Å². The molecule has 0 saturated heterocycles. The summed E-state index contributed by atoms with van der Waals surface area (Å²) in [6, 6.07) is 7.53. The Bertz CT molecular complexity index is 745. The normalized spacial score (nSPS) is 13.9. The number of primary amides is 1. The van der Waals surface area contributed by atoms with Gasteiger partial charge in [0.05, 0.1) is 25.5 Å². The minimum Gasteiger partial charge on any atom is -0.497 e. The van der Waals surface area contributed by atoms with Crippen LogP contribution < -0.4 is 15.2 Å². The second-order valence-electron chi connectivity index (χ2n) is 6.01. The Morgan fingerprint density at radius 3 is 2.57 bits per heavy atom. The molecule has 0 unspecified atom stereocenters. The van der Waals surface area contributed by atoms with Crippen LogP contribution in [0.15, 0.2) is 24.3 Å². The predicted octanol–water partition coefficient (Wildman–Crippen LogP) is 2.99. The van der Waals surface area contributed by atoms with Gasteiger partial charge in [0.1, 0.15) is 11.5 Å². The van der Waals surface area contributed by atoms with Crippen LogP contribution in [-0.4, -0.2) is 24.7 Å². The number of hydrogen-bond donors (Lipinski definition) is 1. The van der Waals surface area contributed by atoms with Gasteiger partial charge in [0.15, 0.2) is 0 Å². The number of ether oxygens (including phenoxy) is 2. The summed E-state index contributed by atoms with van der Waals surface area (Å²) in [7, 11) is 3.27. The molecule has 3 rings (SSSR count).